The third-order valence-corrected chi connectivity index (χ3v) is 5.09. The van der Waals surface area contributed by atoms with E-state index in [1.165, 1.54) is 5.57 Å². The number of dihydropyridines is 1. The lowest BCUT2D eigenvalue weighted by Crippen LogP contribution is -2.43. The van der Waals surface area contributed by atoms with Gasteiger partial charge in [0.2, 0.25) is 0 Å². The Morgan fingerprint density at radius 1 is 1.20 bits per heavy atom. The molecule has 2 aliphatic heterocycles. The number of nitrogens with one attached hydrogen (secondary N) is 1. The minimum atomic E-state index is -0.146. The highest BCUT2D eigenvalue weighted by atomic mass is 16.1. The van der Waals surface area contributed by atoms with E-state index in [1.54, 1.807) is 0 Å². The van der Waals surface area contributed by atoms with Crippen LogP contribution in [0.3, 0.4) is 0 Å². The number of azo groups is 1. The molecule has 0 aromatic carbocycles. The summed E-state index contributed by atoms with van der Waals surface area (Å²) in [5, 5.41) is 11.9. The highest BCUT2D eigenvalue weighted by Crippen LogP contribution is 2.53. The number of carbonyl (C=O) groups excluding carboxylic acids is 1. The minimum absolute atomic E-state index is 0.0317. The van der Waals surface area contributed by atoms with Gasteiger partial charge in [0.05, 0.1) is 6.54 Å². The fourth-order valence-electron chi connectivity index (χ4n) is 4.10. The Kier molecular flexibility index (Phi) is 2.89. The minimum Gasteiger partial charge on any atom is -0.342 e. The van der Waals surface area contributed by atoms with Gasteiger partial charge < -0.3 is 5.32 Å². The number of Topliss-reactive ketones (excluding diaryl/α,β-unsaturated/α-hetero) is 1. The lowest BCUT2D eigenvalue weighted by Gasteiger charge is -2.45. The molecule has 2 heterocycles. The average molecular weight is 273 g/mol. The molecular formula is C16H23N3O. The summed E-state index contributed by atoms with van der Waals surface area (Å²) in [6, 6.07) is 0. The van der Waals surface area contributed by atoms with E-state index in [-0.39, 0.29) is 10.8 Å². The van der Waals surface area contributed by atoms with Crippen molar-refractivity contribution in [2.45, 2.75) is 53.4 Å². The zero-order valence-electron chi connectivity index (χ0n) is 12.8. The molecule has 0 spiro atoms. The average Bonchev–Trinajstić information content (AvgIpc) is 2.83. The molecule has 0 atom stereocenters. The number of rotatable bonds is 2. The van der Waals surface area contributed by atoms with E-state index >= 15 is 0 Å². The lowest BCUT2D eigenvalue weighted by atomic mass is 9.61. The number of allylic oxidation sites excluding steroid dienone is 2. The normalized spacial score (nSPS) is 26.5. The molecule has 1 N–H and O–H groups in total. The molecule has 0 saturated heterocycles. The number of hydrogen-bond acceptors (Lipinski definition) is 4. The summed E-state index contributed by atoms with van der Waals surface area (Å²) in [5.74, 6) is 1.21. The standard InChI is InChI=1S/C16H23N3O/c1-5-16(6-2)10-9-17-19-14(10)18-11-7-15(3,4)8-12(20)13(11)16/h18H,5-9H2,1-4H3. The third-order valence-electron chi connectivity index (χ3n) is 5.09. The van der Waals surface area contributed by atoms with Crippen LogP contribution in [-0.4, -0.2) is 12.3 Å². The second-order valence-corrected chi connectivity index (χ2v) is 6.94. The monoisotopic (exact) mass is 273 g/mol. The summed E-state index contributed by atoms with van der Waals surface area (Å²) in [6.07, 6.45) is 3.45. The maximum absolute atomic E-state index is 12.8. The Balaban J connectivity index is 2.16. The van der Waals surface area contributed by atoms with Gasteiger partial charge in [0.25, 0.3) is 0 Å². The van der Waals surface area contributed by atoms with Gasteiger partial charge >= 0.3 is 0 Å². The van der Waals surface area contributed by atoms with Crippen LogP contribution >= 0.6 is 0 Å². The molecule has 0 unspecified atom stereocenters. The van der Waals surface area contributed by atoms with Gasteiger partial charge in [0.1, 0.15) is 0 Å². The second kappa shape index (κ2) is 4.27. The van der Waals surface area contributed by atoms with Crippen LogP contribution in [0, 0.1) is 10.8 Å². The van der Waals surface area contributed by atoms with Gasteiger partial charge in [-0.2, -0.15) is 5.11 Å². The van der Waals surface area contributed by atoms with Crippen LogP contribution in [0.5, 0.6) is 0 Å². The van der Waals surface area contributed by atoms with Crippen LogP contribution in [0.4, 0.5) is 0 Å². The number of hydrogen-bond donors (Lipinski definition) is 1. The lowest BCUT2D eigenvalue weighted by molar-refractivity contribution is -0.119. The number of nitrogens with zero attached hydrogens (tertiary/aromatic N) is 2. The summed E-state index contributed by atoms with van der Waals surface area (Å²) in [4.78, 5) is 12.8. The largest absolute Gasteiger partial charge is 0.342 e. The van der Waals surface area contributed by atoms with Crippen molar-refractivity contribution in [3.8, 4) is 0 Å². The van der Waals surface area contributed by atoms with Gasteiger partial charge in [0, 0.05) is 28.7 Å². The van der Waals surface area contributed by atoms with Crippen LogP contribution < -0.4 is 5.32 Å². The molecule has 0 aromatic rings. The predicted molar refractivity (Wildman–Crippen MR) is 77.9 cm³/mol. The molecule has 3 aliphatic rings. The first-order valence-electron chi connectivity index (χ1n) is 7.58. The van der Waals surface area contributed by atoms with Gasteiger partial charge in [-0.15, -0.1) is 5.11 Å². The molecule has 108 valence electrons. The van der Waals surface area contributed by atoms with Gasteiger partial charge in [-0.1, -0.05) is 27.7 Å². The molecule has 0 saturated carbocycles. The Bertz CT molecular complexity index is 562. The smallest absolute Gasteiger partial charge is 0.162 e. The third kappa shape index (κ3) is 1.70. The Hall–Kier alpha value is -1.45. The summed E-state index contributed by atoms with van der Waals surface area (Å²) < 4.78 is 0. The van der Waals surface area contributed by atoms with E-state index in [9.17, 15) is 4.79 Å². The van der Waals surface area contributed by atoms with Crippen LogP contribution in [0.25, 0.3) is 0 Å². The Labute approximate surface area is 120 Å². The number of carbonyl (C=O) groups is 1. The fraction of sp³-hybridized carbons (Fsp3) is 0.688. The van der Waals surface area contributed by atoms with Crippen molar-refractivity contribution in [1.82, 2.24) is 5.32 Å². The van der Waals surface area contributed by atoms with Gasteiger partial charge in [-0.25, -0.2) is 0 Å². The molecule has 20 heavy (non-hydrogen) atoms. The maximum Gasteiger partial charge on any atom is 0.162 e. The first kappa shape index (κ1) is 13.5. The topological polar surface area (TPSA) is 53.8 Å². The van der Waals surface area contributed by atoms with Gasteiger partial charge in [0.15, 0.2) is 11.6 Å². The molecule has 1 aliphatic carbocycles. The predicted octanol–water partition coefficient (Wildman–Crippen LogP) is 3.72. The molecular weight excluding hydrogens is 250 g/mol. The summed E-state index contributed by atoms with van der Waals surface area (Å²) in [5.41, 5.74) is 3.22. The van der Waals surface area contributed by atoms with Gasteiger partial charge in [-0.05, 0) is 24.7 Å². The van der Waals surface area contributed by atoms with E-state index in [0.717, 1.165) is 36.4 Å². The van der Waals surface area contributed by atoms with Crippen molar-refractivity contribution >= 4 is 5.78 Å². The molecule has 4 nitrogen and oxygen atoms in total. The van der Waals surface area contributed by atoms with E-state index in [0.29, 0.717) is 18.7 Å². The Morgan fingerprint density at radius 3 is 2.55 bits per heavy atom. The first-order valence-corrected chi connectivity index (χ1v) is 7.58. The van der Waals surface area contributed by atoms with Crippen molar-refractivity contribution in [2.24, 2.45) is 21.1 Å². The van der Waals surface area contributed by atoms with Gasteiger partial charge in [-0.3, -0.25) is 4.79 Å². The van der Waals surface area contributed by atoms with Crippen LogP contribution in [-0.2, 0) is 4.79 Å². The molecule has 0 bridgehead atoms. The highest BCUT2D eigenvalue weighted by Gasteiger charge is 2.49. The highest BCUT2D eigenvalue weighted by molar-refractivity contribution is 6.00. The van der Waals surface area contributed by atoms with Crippen molar-refractivity contribution < 1.29 is 4.79 Å². The van der Waals surface area contributed by atoms with E-state index in [1.807, 2.05) is 0 Å². The van der Waals surface area contributed by atoms with Crippen molar-refractivity contribution in [3.05, 3.63) is 22.7 Å². The van der Waals surface area contributed by atoms with E-state index in [4.69, 9.17) is 0 Å². The Morgan fingerprint density at radius 2 is 1.90 bits per heavy atom. The molecule has 0 amide bonds. The second-order valence-electron chi connectivity index (χ2n) is 6.94. The van der Waals surface area contributed by atoms with Crippen molar-refractivity contribution in [1.29, 1.82) is 0 Å². The SMILES string of the molecule is CCC1(CC)C2=C(N=NC2)NC2=C1C(=O)CC(C)(C)C2. The fourth-order valence-corrected chi connectivity index (χ4v) is 4.10. The zero-order valence-corrected chi connectivity index (χ0v) is 12.8. The van der Waals surface area contributed by atoms with Crippen molar-refractivity contribution in [2.75, 3.05) is 6.54 Å². The quantitative estimate of drug-likeness (QED) is 0.833. The molecule has 0 fully saturated rings. The molecule has 4 heteroatoms. The van der Waals surface area contributed by atoms with Crippen molar-refractivity contribution in [3.63, 3.8) is 0 Å². The zero-order chi connectivity index (χ0) is 14.5. The summed E-state index contributed by atoms with van der Waals surface area (Å²) >= 11 is 0. The first-order chi connectivity index (χ1) is 9.43. The summed E-state index contributed by atoms with van der Waals surface area (Å²) in [7, 11) is 0. The molecule has 3 rings (SSSR count). The molecule has 0 radical (unpaired) electrons. The molecule has 0 aromatic heterocycles. The maximum atomic E-state index is 12.8. The van der Waals surface area contributed by atoms with Crippen LogP contribution in [0.1, 0.15) is 53.4 Å². The summed E-state index contributed by atoms with van der Waals surface area (Å²) in [6.45, 7) is 9.31. The van der Waals surface area contributed by atoms with E-state index < -0.39 is 0 Å². The van der Waals surface area contributed by atoms with Crippen LogP contribution in [0.2, 0.25) is 0 Å². The van der Waals surface area contributed by atoms with E-state index in [2.05, 4.69) is 43.2 Å². The van der Waals surface area contributed by atoms with Crippen LogP contribution in [0.15, 0.2) is 32.9 Å². The number of ketones is 1.